The molecule has 0 heterocycles. The quantitative estimate of drug-likeness (QED) is 0.135. The van der Waals surface area contributed by atoms with Crippen LogP contribution in [0.4, 0.5) is 0 Å². The number of hydrogen-bond acceptors (Lipinski definition) is 7. The summed E-state index contributed by atoms with van der Waals surface area (Å²) in [6.07, 6.45) is 11.2. The van der Waals surface area contributed by atoms with E-state index < -0.39 is 33.7 Å². The van der Waals surface area contributed by atoms with Crippen LogP contribution in [0.5, 0.6) is 0 Å². The van der Waals surface area contributed by atoms with E-state index in [2.05, 4.69) is 13.8 Å². The van der Waals surface area contributed by atoms with E-state index in [4.69, 9.17) is 9.47 Å². The van der Waals surface area contributed by atoms with Crippen LogP contribution in [-0.4, -0.2) is 43.4 Å². The summed E-state index contributed by atoms with van der Waals surface area (Å²) in [5.74, 6) is -2.03. The third-order valence-electron chi connectivity index (χ3n) is 4.47. The zero-order chi connectivity index (χ0) is 21.3. The van der Waals surface area contributed by atoms with Crippen molar-refractivity contribution in [3.05, 3.63) is 0 Å². The fourth-order valence-corrected chi connectivity index (χ4v) is 3.37. The SMILES string of the molecule is CCCCCCCCOC(=O)CC(C(=O)OCCCCCCCC)S(=O)(=O)[O-].[Na+]. The van der Waals surface area contributed by atoms with Crippen molar-refractivity contribution in [2.45, 2.75) is 103 Å². The van der Waals surface area contributed by atoms with Crippen LogP contribution in [0.25, 0.3) is 0 Å². The molecule has 0 fully saturated rings. The normalized spacial score (nSPS) is 12.1. The fraction of sp³-hybridized carbons (Fsp3) is 0.900. The van der Waals surface area contributed by atoms with Gasteiger partial charge in [-0.15, -0.1) is 0 Å². The average molecular weight is 445 g/mol. The molecule has 1 unspecified atom stereocenters. The predicted molar refractivity (Wildman–Crippen MR) is 107 cm³/mol. The molecule has 0 rings (SSSR count). The summed E-state index contributed by atoms with van der Waals surface area (Å²) in [6.45, 7) is 4.44. The number of carbonyl (C=O) groups is 2. The molecule has 0 aromatic carbocycles. The molecule has 0 aliphatic heterocycles. The molecule has 7 nitrogen and oxygen atoms in total. The Labute approximate surface area is 198 Å². The summed E-state index contributed by atoms with van der Waals surface area (Å²) >= 11 is 0. The maximum Gasteiger partial charge on any atom is 1.00 e. The first-order valence-electron chi connectivity index (χ1n) is 10.6. The van der Waals surface area contributed by atoms with Gasteiger partial charge in [0.15, 0.2) is 5.25 Å². The Morgan fingerprint density at radius 3 is 1.62 bits per heavy atom. The van der Waals surface area contributed by atoms with E-state index in [0.29, 0.717) is 12.8 Å². The summed E-state index contributed by atoms with van der Waals surface area (Å²) in [5.41, 5.74) is 0. The molecule has 0 spiro atoms. The maximum atomic E-state index is 11.9. The smallest absolute Gasteiger partial charge is 0.747 e. The summed E-state index contributed by atoms with van der Waals surface area (Å²) in [5, 5.41) is -2.04. The zero-order valence-electron chi connectivity index (χ0n) is 18.4. The minimum absolute atomic E-state index is 0. The van der Waals surface area contributed by atoms with Gasteiger partial charge < -0.3 is 14.0 Å². The molecule has 0 aromatic rings. The molecule has 0 amide bonds. The van der Waals surface area contributed by atoms with Crippen LogP contribution in [0, 0.1) is 0 Å². The molecule has 0 saturated heterocycles. The van der Waals surface area contributed by atoms with Gasteiger partial charge >= 0.3 is 41.5 Å². The van der Waals surface area contributed by atoms with Crippen LogP contribution in [0.2, 0.25) is 0 Å². The van der Waals surface area contributed by atoms with Crippen LogP contribution in [-0.2, 0) is 29.2 Å². The van der Waals surface area contributed by atoms with Gasteiger partial charge in [0.1, 0.15) is 10.1 Å². The average Bonchev–Trinajstić information content (AvgIpc) is 2.63. The molecule has 1 atom stereocenters. The number of ether oxygens (including phenoxy) is 2. The van der Waals surface area contributed by atoms with E-state index in [-0.39, 0.29) is 42.8 Å². The number of carbonyl (C=O) groups excluding carboxylic acids is 2. The van der Waals surface area contributed by atoms with E-state index in [0.717, 1.165) is 57.8 Å². The summed E-state index contributed by atoms with van der Waals surface area (Å²) in [6, 6.07) is 0. The van der Waals surface area contributed by atoms with Crippen LogP contribution in [0.3, 0.4) is 0 Å². The van der Waals surface area contributed by atoms with Crippen molar-refractivity contribution >= 4 is 22.1 Å². The second kappa shape index (κ2) is 19.8. The third kappa shape index (κ3) is 18.3. The molecule has 0 radical (unpaired) electrons. The van der Waals surface area contributed by atoms with Gasteiger partial charge in [-0.1, -0.05) is 78.1 Å². The van der Waals surface area contributed by atoms with Gasteiger partial charge in [-0.2, -0.15) is 0 Å². The molecule has 29 heavy (non-hydrogen) atoms. The van der Waals surface area contributed by atoms with Crippen molar-refractivity contribution < 1.29 is 61.6 Å². The molecular formula is C20H37NaO7S. The monoisotopic (exact) mass is 444 g/mol. The topological polar surface area (TPSA) is 110 Å². The van der Waals surface area contributed by atoms with E-state index in [9.17, 15) is 22.6 Å². The minimum Gasteiger partial charge on any atom is -0.747 e. The minimum atomic E-state index is -4.98. The first-order chi connectivity index (χ1) is 13.3. The fourth-order valence-electron chi connectivity index (χ4n) is 2.73. The first kappa shape index (κ1) is 31.0. The number of rotatable bonds is 18. The Balaban J connectivity index is 0. The van der Waals surface area contributed by atoms with Crippen molar-refractivity contribution in [1.29, 1.82) is 0 Å². The van der Waals surface area contributed by atoms with E-state index >= 15 is 0 Å². The molecule has 0 saturated carbocycles. The van der Waals surface area contributed by atoms with Crippen molar-refractivity contribution in [2.24, 2.45) is 0 Å². The number of esters is 2. The Bertz CT molecular complexity index is 523. The van der Waals surface area contributed by atoms with Gasteiger partial charge in [-0.3, -0.25) is 9.59 Å². The number of hydrogen-bond donors (Lipinski definition) is 0. The summed E-state index contributed by atoms with van der Waals surface area (Å²) in [7, 11) is -4.98. The Hall–Kier alpha value is -0.150. The molecule has 9 heteroatoms. The van der Waals surface area contributed by atoms with Crippen molar-refractivity contribution in [1.82, 2.24) is 0 Å². The van der Waals surface area contributed by atoms with Gasteiger partial charge in [0.25, 0.3) is 0 Å². The van der Waals surface area contributed by atoms with Crippen LogP contribution in [0.15, 0.2) is 0 Å². The van der Waals surface area contributed by atoms with Crippen molar-refractivity contribution in [2.75, 3.05) is 13.2 Å². The Morgan fingerprint density at radius 2 is 1.17 bits per heavy atom. The van der Waals surface area contributed by atoms with E-state index in [1.165, 1.54) is 6.42 Å². The Morgan fingerprint density at radius 1 is 0.759 bits per heavy atom. The molecule has 0 aliphatic carbocycles. The Kier molecular flexibility index (Phi) is 21.2. The van der Waals surface area contributed by atoms with Gasteiger partial charge in [0.2, 0.25) is 0 Å². The second-order valence-corrected chi connectivity index (χ2v) is 8.66. The van der Waals surface area contributed by atoms with Crippen molar-refractivity contribution in [3.8, 4) is 0 Å². The van der Waals surface area contributed by atoms with E-state index in [1.54, 1.807) is 0 Å². The summed E-state index contributed by atoms with van der Waals surface area (Å²) in [4.78, 5) is 23.7. The molecule has 0 aromatic heterocycles. The van der Waals surface area contributed by atoms with Crippen LogP contribution < -0.4 is 29.6 Å². The third-order valence-corrected chi connectivity index (χ3v) is 5.52. The largest absolute Gasteiger partial charge is 1.00 e. The molecule has 0 bridgehead atoms. The van der Waals surface area contributed by atoms with Crippen LogP contribution in [0.1, 0.15) is 97.3 Å². The van der Waals surface area contributed by atoms with Gasteiger partial charge in [0, 0.05) is 0 Å². The van der Waals surface area contributed by atoms with Gasteiger partial charge in [0.05, 0.1) is 19.6 Å². The maximum absolute atomic E-state index is 11.9. The molecule has 0 N–H and O–H groups in total. The standard InChI is InChI=1S/C20H38O7S.Na/c1-3-5-7-9-11-13-15-26-19(21)17-18(28(23,24)25)20(22)27-16-14-12-10-8-6-4-2;/h18H,3-17H2,1-2H3,(H,23,24,25);/q;+1/p-1. The molecular weight excluding hydrogens is 407 g/mol. The molecule has 0 aliphatic rings. The van der Waals surface area contributed by atoms with Gasteiger partial charge in [-0.05, 0) is 12.8 Å². The van der Waals surface area contributed by atoms with Crippen LogP contribution >= 0.6 is 0 Å². The second-order valence-electron chi connectivity index (χ2n) is 7.11. The van der Waals surface area contributed by atoms with Gasteiger partial charge in [-0.25, -0.2) is 8.42 Å². The number of unbranched alkanes of at least 4 members (excludes halogenated alkanes) is 10. The van der Waals surface area contributed by atoms with Crippen molar-refractivity contribution in [3.63, 3.8) is 0 Å². The molecule has 166 valence electrons. The zero-order valence-corrected chi connectivity index (χ0v) is 21.3. The van der Waals surface area contributed by atoms with E-state index in [1.807, 2.05) is 0 Å². The predicted octanol–water partition coefficient (Wildman–Crippen LogP) is 1.10. The first-order valence-corrected chi connectivity index (χ1v) is 12.1. The summed E-state index contributed by atoms with van der Waals surface area (Å²) < 4.78 is 43.8.